The van der Waals surface area contributed by atoms with Crippen LogP contribution in [-0.4, -0.2) is 23.6 Å². The molecule has 1 aromatic heterocycles. The van der Waals surface area contributed by atoms with Crippen LogP contribution >= 0.6 is 0 Å². The predicted molar refractivity (Wildman–Crippen MR) is 111 cm³/mol. The van der Waals surface area contributed by atoms with Gasteiger partial charge in [0.2, 0.25) is 0 Å². The second kappa shape index (κ2) is 9.03. The number of ether oxygens (including phenoxy) is 1. The van der Waals surface area contributed by atoms with Crippen LogP contribution in [0.25, 0.3) is 0 Å². The van der Waals surface area contributed by atoms with Crippen LogP contribution in [0, 0.1) is 13.8 Å². The third-order valence-electron chi connectivity index (χ3n) is 4.25. The van der Waals surface area contributed by atoms with Crippen LogP contribution in [0.1, 0.15) is 23.4 Å². The fraction of sp³-hybridized carbons (Fsp3) is 0.273. The van der Waals surface area contributed by atoms with Crippen molar-refractivity contribution >= 4 is 17.3 Å². The molecule has 27 heavy (non-hydrogen) atoms. The molecule has 0 fully saturated rings. The lowest BCUT2D eigenvalue weighted by Crippen LogP contribution is -2.07. The molecule has 3 rings (SSSR count). The van der Waals surface area contributed by atoms with E-state index in [-0.39, 0.29) is 0 Å². The highest BCUT2D eigenvalue weighted by atomic mass is 16.5. The number of hydrogen-bond donors (Lipinski definition) is 2. The van der Waals surface area contributed by atoms with Crippen molar-refractivity contribution < 1.29 is 4.74 Å². The summed E-state index contributed by atoms with van der Waals surface area (Å²) in [5, 5.41) is 6.75. The largest absolute Gasteiger partial charge is 0.495 e. The van der Waals surface area contributed by atoms with Gasteiger partial charge in [-0.15, -0.1) is 0 Å². The van der Waals surface area contributed by atoms with E-state index in [0.29, 0.717) is 0 Å². The van der Waals surface area contributed by atoms with E-state index in [1.165, 1.54) is 5.56 Å². The molecule has 5 nitrogen and oxygen atoms in total. The molecular weight excluding hydrogens is 336 g/mol. The standard InChI is InChI=1S/C22H26N4O/c1-16-11-12-20(27-3)19(14-16)26-22-15-21(24-17(2)25-22)23-13-7-10-18-8-5-4-6-9-18/h4-6,8-9,11-12,14-15H,7,10,13H2,1-3H3,(H2,23,24,25,26). The van der Waals surface area contributed by atoms with Gasteiger partial charge in [-0.05, 0) is 49.9 Å². The summed E-state index contributed by atoms with van der Waals surface area (Å²) in [5.41, 5.74) is 3.40. The number of methoxy groups -OCH3 is 1. The van der Waals surface area contributed by atoms with Gasteiger partial charge < -0.3 is 15.4 Å². The van der Waals surface area contributed by atoms with Crippen molar-refractivity contribution in [1.82, 2.24) is 9.97 Å². The van der Waals surface area contributed by atoms with Crippen LogP contribution < -0.4 is 15.4 Å². The van der Waals surface area contributed by atoms with Crippen molar-refractivity contribution in [2.24, 2.45) is 0 Å². The minimum atomic E-state index is 0.720. The molecule has 0 saturated heterocycles. The van der Waals surface area contributed by atoms with E-state index >= 15 is 0 Å². The van der Waals surface area contributed by atoms with Crippen molar-refractivity contribution in [2.45, 2.75) is 26.7 Å². The predicted octanol–water partition coefficient (Wildman–Crippen LogP) is 4.89. The Morgan fingerprint density at radius 1 is 0.926 bits per heavy atom. The molecule has 0 atom stereocenters. The van der Waals surface area contributed by atoms with E-state index in [9.17, 15) is 0 Å². The minimum Gasteiger partial charge on any atom is -0.495 e. The number of hydrogen-bond acceptors (Lipinski definition) is 5. The van der Waals surface area contributed by atoms with Gasteiger partial charge in [0, 0.05) is 12.6 Å². The van der Waals surface area contributed by atoms with Gasteiger partial charge in [0.1, 0.15) is 23.2 Å². The Labute approximate surface area is 160 Å². The highest BCUT2D eigenvalue weighted by Crippen LogP contribution is 2.28. The van der Waals surface area contributed by atoms with E-state index in [4.69, 9.17) is 4.74 Å². The normalized spacial score (nSPS) is 10.5. The Morgan fingerprint density at radius 2 is 1.70 bits per heavy atom. The number of nitrogens with one attached hydrogen (secondary N) is 2. The van der Waals surface area contributed by atoms with Gasteiger partial charge in [-0.1, -0.05) is 36.4 Å². The van der Waals surface area contributed by atoms with Crippen molar-refractivity contribution in [2.75, 3.05) is 24.3 Å². The monoisotopic (exact) mass is 362 g/mol. The van der Waals surface area contributed by atoms with Crippen LogP contribution in [0.5, 0.6) is 5.75 Å². The SMILES string of the molecule is COc1ccc(C)cc1Nc1cc(NCCCc2ccccc2)nc(C)n1. The second-order valence-electron chi connectivity index (χ2n) is 6.53. The number of aryl methyl sites for hydroxylation is 3. The highest BCUT2D eigenvalue weighted by molar-refractivity contribution is 5.66. The van der Waals surface area contributed by atoms with Gasteiger partial charge in [-0.3, -0.25) is 0 Å². The highest BCUT2D eigenvalue weighted by Gasteiger charge is 2.07. The first-order valence-electron chi connectivity index (χ1n) is 9.19. The molecule has 1 heterocycles. The fourth-order valence-corrected chi connectivity index (χ4v) is 2.93. The summed E-state index contributed by atoms with van der Waals surface area (Å²) < 4.78 is 5.43. The number of anilines is 3. The molecule has 0 aliphatic rings. The first kappa shape index (κ1) is 18.7. The van der Waals surface area contributed by atoms with Crippen molar-refractivity contribution in [3.8, 4) is 5.75 Å². The average Bonchev–Trinajstić information content (AvgIpc) is 2.66. The average molecular weight is 362 g/mol. The molecule has 5 heteroatoms. The Balaban J connectivity index is 1.63. The van der Waals surface area contributed by atoms with Crippen LogP contribution in [0.2, 0.25) is 0 Å². The van der Waals surface area contributed by atoms with Crippen LogP contribution in [0.4, 0.5) is 17.3 Å². The minimum absolute atomic E-state index is 0.720. The van der Waals surface area contributed by atoms with Crippen LogP contribution in [0.3, 0.4) is 0 Å². The third-order valence-corrected chi connectivity index (χ3v) is 4.25. The molecule has 0 spiro atoms. The van der Waals surface area contributed by atoms with E-state index < -0.39 is 0 Å². The Bertz CT molecular complexity index is 881. The first-order chi connectivity index (χ1) is 13.1. The maximum atomic E-state index is 5.43. The van der Waals surface area contributed by atoms with Gasteiger partial charge in [0.15, 0.2) is 0 Å². The summed E-state index contributed by atoms with van der Waals surface area (Å²) in [6, 6.07) is 18.5. The molecular formula is C22H26N4O. The molecule has 3 aromatic rings. The number of aromatic nitrogens is 2. The lowest BCUT2D eigenvalue weighted by molar-refractivity contribution is 0.416. The molecule has 2 aromatic carbocycles. The van der Waals surface area contributed by atoms with Crippen LogP contribution in [-0.2, 0) is 6.42 Å². The van der Waals surface area contributed by atoms with E-state index in [1.54, 1.807) is 7.11 Å². The molecule has 0 unspecified atom stereocenters. The molecule has 0 bridgehead atoms. The summed E-state index contributed by atoms with van der Waals surface area (Å²) in [6.45, 7) is 4.81. The molecule has 0 amide bonds. The summed E-state index contributed by atoms with van der Waals surface area (Å²) >= 11 is 0. The Kier molecular flexibility index (Phi) is 6.26. The van der Waals surface area contributed by atoms with Gasteiger partial charge in [-0.25, -0.2) is 9.97 Å². The van der Waals surface area contributed by atoms with E-state index in [1.807, 2.05) is 37.3 Å². The summed E-state index contributed by atoms with van der Waals surface area (Å²) in [4.78, 5) is 8.98. The van der Waals surface area contributed by atoms with Crippen molar-refractivity contribution in [1.29, 1.82) is 0 Å². The zero-order valence-electron chi connectivity index (χ0n) is 16.1. The summed E-state index contributed by atoms with van der Waals surface area (Å²) in [6.07, 6.45) is 2.09. The maximum Gasteiger partial charge on any atom is 0.142 e. The lowest BCUT2D eigenvalue weighted by atomic mass is 10.1. The van der Waals surface area contributed by atoms with E-state index in [2.05, 4.69) is 51.8 Å². The summed E-state index contributed by atoms with van der Waals surface area (Å²) in [5.74, 6) is 3.08. The molecule has 0 saturated carbocycles. The zero-order chi connectivity index (χ0) is 19.1. The number of rotatable bonds is 8. The third kappa shape index (κ3) is 5.45. The smallest absolute Gasteiger partial charge is 0.142 e. The Hall–Kier alpha value is -3.08. The van der Waals surface area contributed by atoms with Gasteiger partial charge in [0.05, 0.1) is 12.8 Å². The molecule has 140 valence electrons. The van der Waals surface area contributed by atoms with Crippen molar-refractivity contribution in [3.63, 3.8) is 0 Å². The zero-order valence-corrected chi connectivity index (χ0v) is 16.1. The van der Waals surface area contributed by atoms with Gasteiger partial charge in [0.25, 0.3) is 0 Å². The van der Waals surface area contributed by atoms with Crippen molar-refractivity contribution in [3.05, 3.63) is 71.5 Å². The molecule has 0 aliphatic heterocycles. The van der Waals surface area contributed by atoms with Gasteiger partial charge >= 0.3 is 0 Å². The first-order valence-corrected chi connectivity index (χ1v) is 9.19. The topological polar surface area (TPSA) is 59.1 Å². The van der Waals surface area contributed by atoms with E-state index in [0.717, 1.165) is 53.8 Å². The number of benzene rings is 2. The molecule has 0 radical (unpaired) electrons. The second-order valence-corrected chi connectivity index (χ2v) is 6.53. The van der Waals surface area contributed by atoms with Crippen LogP contribution in [0.15, 0.2) is 54.6 Å². The quantitative estimate of drug-likeness (QED) is 0.559. The number of nitrogens with zero attached hydrogens (tertiary/aromatic N) is 2. The maximum absolute atomic E-state index is 5.43. The lowest BCUT2D eigenvalue weighted by Gasteiger charge is -2.13. The van der Waals surface area contributed by atoms with Gasteiger partial charge in [-0.2, -0.15) is 0 Å². The Morgan fingerprint density at radius 3 is 2.48 bits per heavy atom. The fourth-order valence-electron chi connectivity index (χ4n) is 2.93. The molecule has 2 N–H and O–H groups in total. The molecule has 0 aliphatic carbocycles. The summed E-state index contributed by atoms with van der Waals surface area (Å²) in [7, 11) is 1.67.